The molecule has 0 aliphatic carbocycles. The molecule has 0 atom stereocenters. The summed E-state index contributed by atoms with van der Waals surface area (Å²) in [4.78, 5) is 30.0. The van der Waals surface area contributed by atoms with E-state index in [4.69, 9.17) is 33.8 Å². The molecule has 6 heterocycles. The van der Waals surface area contributed by atoms with Crippen LogP contribution in [0.15, 0.2) is 300 Å². The van der Waals surface area contributed by atoms with Crippen molar-refractivity contribution in [1.82, 2.24) is 29.9 Å². The molecule has 6 aromatic heterocycles. The Hall–Kier alpha value is -11.7. The van der Waals surface area contributed by atoms with Gasteiger partial charge in [-0.2, -0.15) is 0 Å². The first kappa shape index (κ1) is 50.0. The first-order chi connectivity index (χ1) is 42.5. The van der Waals surface area contributed by atoms with Crippen LogP contribution in [0.2, 0.25) is 0 Å². The Morgan fingerprint density at radius 1 is 0.209 bits per heavy atom. The fraction of sp³-hybridized carbons (Fsp3) is 0. The molecule has 8 heteroatoms. The van der Waals surface area contributed by atoms with Gasteiger partial charge in [0, 0.05) is 90.2 Å². The largest absolute Gasteiger partial charge is 0.456 e. The van der Waals surface area contributed by atoms with Gasteiger partial charge in [0.2, 0.25) is 0 Å². The summed E-state index contributed by atoms with van der Waals surface area (Å²) in [6.45, 7) is 0. The van der Waals surface area contributed by atoms with Crippen LogP contribution in [0, 0.1) is 0 Å². The van der Waals surface area contributed by atoms with E-state index < -0.39 is 0 Å². The van der Waals surface area contributed by atoms with E-state index in [1.807, 2.05) is 79.3 Å². The monoisotopic (exact) mass is 1100 g/mol. The second-order valence-corrected chi connectivity index (χ2v) is 21.5. The summed E-state index contributed by atoms with van der Waals surface area (Å²) in [5.74, 6) is 1.28. The van der Waals surface area contributed by atoms with E-state index in [1.54, 1.807) is 0 Å². The minimum atomic E-state index is 0.634. The number of hydrogen-bond acceptors (Lipinski definition) is 8. The maximum atomic E-state index is 6.13. The number of benzene rings is 10. The quantitative estimate of drug-likeness (QED) is 0.126. The van der Waals surface area contributed by atoms with Crippen molar-refractivity contribution in [2.24, 2.45) is 0 Å². The SMILES string of the molecule is c1ccc(-c2cc(-c3ccc(-c4ccc5oc6ccccc6c5c4)cc3)nc(-c3ccc(-c4cncc(-c5ccc(-c6cc(-c7ccc(-c8ccc9oc%10ccccc%10c9c8)cc7)nc(-c7ccc(-c8ccccn8)cc7)n6)cc5)c4)cc3)n2)cc1. The normalized spacial score (nSPS) is 11.5. The molecule has 0 aliphatic heterocycles. The van der Waals surface area contributed by atoms with Gasteiger partial charge < -0.3 is 8.83 Å². The third kappa shape index (κ3) is 9.53. The van der Waals surface area contributed by atoms with Gasteiger partial charge in [-0.25, -0.2) is 19.9 Å². The van der Waals surface area contributed by atoms with Gasteiger partial charge in [0.05, 0.1) is 28.5 Å². The molecule has 0 saturated carbocycles. The summed E-state index contributed by atoms with van der Waals surface area (Å²) < 4.78 is 12.2. The first-order valence-corrected chi connectivity index (χ1v) is 28.6. The molecule has 0 aliphatic rings. The zero-order valence-corrected chi connectivity index (χ0v) is 46.2. The van der Waals surface area contributed by atoms with Crippen LogP contribution in [0.4, 0.5) is 0 Å². The fourth-order valence-electron chi connectivity index (χ4n) is 11.6. The number of pyridine rings is 2. The van der Waals surface area contributed by atoms with Gasteiger partial charge in [0.15, 0.2) is 11.6 Å². The zero-order valence-electron chi connectivity index (χ0n) is 46.2. The Labute approximate surface area is 495 Å². The highest BCUT2D eigenvalue weighted by atomic mass is 16.3. The molecule has 0 radical (unpaired) electrons. The summed E-state index contributed by atoms with van der Waals surface area (Å²) >= 11 is 0. The number of furan rings is 2. The van der Waals surface area contributed by atoms with Crippen molar-refractivity contribution in [2.45, 2.75) is 0 Å². The molecule has 16 aromatic rings. The number of fused-ring (bicyclic) bond motifs is 6. The molecule has 8 nitrogen and oxygen atoms in total. The third-order valence-corrected chi connectivity index (χ3v) is 16.1. The molecule has 402 valence electrons. The average Bonchev–Trinajstić information content (AvgIpc) is 4.18. The number of rotatable bonds is 11. The molecule has 86 heavy (non-hydrogen) atoms. The van der Waals surface area contributed by atoms with Crippen molar-refractivity contribution in [2.75, 3.05) is 0 Å². The lowest BCUT2D eigenvalue weighted by molar-refractivity contribution is 0.668. The van der Waals surface area contributed by atoms with Gasteiger partial charge in [-0.1, -0.05) is 206 Å². The standard InChI is InChI=1S/C78H48N6O2/c1-2-10-53(11-3-1)69-45-70(55-25-17-49(18-26-55)60-37-39-75-66(43-60)64-12-4-6-15-73(64)85-75)82-77(81-69)58-33-23-52(24-34-58)63-42-62(47-79-48-63)51-21-29-57(30-22-51)72-46-71(83-78(84-72)59-35-31-54(32-36-59)68-14-8-9-41-80-68)56-27-19-50(20-28-56)61-38-40-76-67(44-61)65-13-5-7-16-74(65)86-76/h1-48H. The van der Waals surface area contributed by atoms with Crippen LogP contribution in [0.3, 0.4) is 0 Å². The zero-order chi connectivity index (χ0) is 56.9. The van der Waals surface area contributed by atoms with E-state index in [-0.39, 0.29) is 0 Å². The molecule has 0 unspecified atom stereocenters. The molecule has 0 N–H and O–H groups in total. The highest BCUT2D eigenvalue weighted by Gasteiger charge is 2.17. The van der Waals surface area contributed by atoms with Crippen LogP contribution in [-0.2, 0) is 0 Å². The lowest BCUT2D eigenvalue weighted by Gasteiger charge is -2.12. The molecule has 0 bridgehead atoms. The van der Waals surface area contributed by atoms with Crippen LogP contribution < -0.4 is 0 Å². The van der Waals surface area contributed by atoms with Crippen LogP contribution in [0.5, 0.6) is 0 Å². The van der Waals surface area contributed by atoms with E-state index in [0.29, 0.717) is 11.6 Å². The lowest BCUT2D eigenvalue weighted by Crippen LogP contribution is -1.96. The third-order valence-electron chi connectivity index (χ3n) is 16.1. The Morgan fingerprint density at radius 2 is 0.547 bits per heavy atom. The van der Waals surface area contributed by atoms with Gasteiger partial charge in [-0.15, -0.1) is 0 Å². The molecular weight excluding hydrogens is 1050 g/mol. The van der Waals surface area contributed by atoms with Gasteiger partial charge in [0.1, 0.15) is 22.3 Å². The van der Waals surface area contributed by atoms with Crippen molar-refractivity contribution in [3.05, 3.63) is 292 Å². The van der Waals surface area contributed by atoms with Crippen molar-refractivity contribution >= 4 is 43.9 Å². The van der Waals surface area contributed by atoms with Gasteiger partial charge in [-0.3, -0.25) is 9.97 Å². The Morgan fingerprint density at radius 3 is 0.977 bits per heavy atom. The van der Waals surface area contributed by atoms with Crippen LogP contribution in [-0.4, -0.2) is 29.9 Å². The highest BCUT2D eigenvalue weighted by molar-refractivity contribution is 6.07. The number of para-hydroxylation sites is 2. The molecule has 0 fully saturated rings. The van der Waals surface area contributed by atoms with Crippen molar-refractivity contribution in [3.8, 4) is 124 Å². The molecule has 10 aromatic carbocycles. The van der Waals surface area contributed by atoms with Gasteiger partial charge in [-0.05, 0) is 100 Å². The number of hydrogen-bond donors (Lipinski definition) is 0. The summed E-state index contributed by atoms with van der Waals surface area (Å²) in [6.07, 6.45) is 5.64. The second-order valence-electron chi connectivity index (χ2n) is 21.5. The van der Waals surface area contributed by atoms with Crippen LogP contribution in [0.1, 0.15) is 0 Å². The molecule has 16 rings (SSSR count). The van der Waals surface area contributed by atoms with E-state index in [1.165, 1.54) is 0 Å². The Bertz CT molecular complexity index is 5180. The summed E-state index contributed by atoms with van der Waals surface area (Å²) in [5, 5.41) is 4.43. The number of aromatic nitrogens is 6. The van der Waals surface area contributed by atoms with E-state index in [2.05, 4.69) is 217 Å². The summed E-state index contributed by atoms with van der Waals surface area (Å²) in [7, 11) is 0. The minimum Gasteiger partial charge on any atom is -0.456 e. The molecular formula is C78H48N6O2. The van der Waals surface area contributed by atoms with Crippen molar-refractivity contribution in [3.63, 3.8) is 0 Å². The lowest BCUT2D eigenvalue weighted by atomic mass is 9.98. The average molecular weight is 1100 g/mol. The topological polar surface area (TPSA) is 104 Å². The molecule has 0 saturated heterocycles. The maximum Gasteiger partial charge on any atom is 0.160 e. The van der Waals surface area contributed by atoms with Gasteiger partial charge >= 0.3 is 0 Å². The number of nitrogens with zero attached hydrogens (tertiary/aromatic N) is 6. The second kappa shape index (κ2) is 21.2. The highest BCUT2D eigenvalue weighted by Crippen LogP contribution is 2.38. The minimum absolute atomic E-state index is 0.634. The van der Waals surface area contributed by atoms with E-state index >= 15 is 0 Å². The summed E-state index contributed by atoms with van der Waals surface area (Å²) in [6, 6.07) is 94.2. The molecule has 0 amide bonds. The van der Waals surface area contributed by atoms with E-state index in [0.717, 1.165) is 156 Å². The predicted molar refractivity (Wildman–Crippen MR) is 348 cm³/mol. The Kier molecular flexibility index (Phi) is 12.3. The van der Waals surface area contributed by atoms with Crippen LogP contribution in [0.25, 0.3) is 167 Å². The smallest absolute Gasteiger partial charge is 0.160 e. The Balaban J connectivity index is 0.679. The fourth-order valence-corrected chi connectivity index (χ4v) is 11.6. The van der Waals surface area contributed by atoms with Crippen molar-refractivity contribution < 1.29 is 8.83 Å². The van der Waals surface area contributed by atoms with E-state index in [9.17, 15) is 0 Å². The van der Waals surface area contributed by atoms with Crippen LogP contribution >= 0.6 is 0 Å². The predicted octanol–water partition coefficient (Wildman–Crippen LogP) is 20.2. The molecule has 0 spiro atoms. The summed E-state index contributed by atoms with van der Waals surface area (Å²) in [5.41, 5.74) is 23.1. The first-order valence-electron chi connectivity index (χ1n) is 28.6. The maximum absolute atomic E-state index is 6.13. The van der Waals surface area contributed by atoms with Gasteiger partial charge in [0.25, 0.3) is 0 Å². The van der Waals surface area contributed by atoms with Crippen molar-refractivity contribution in [1.29, 1.82) is 0 Å².